The lowest BCUT2D eigenvalue weighted by molar-refractivity contribution is -0.128. The van der Waals surface area contributed by atoms with Gasteiger partial charge in [-0.1, -0.05) is 0 Å². The van der Waals surface area contributed by atoms with E-state index < -0.39 is 6.10 Å². The van der Waals surface area contributed by atoms with Gasteiger partial charge in [0, 0.05) is 37.1 Å². The Hall–Kier alpha value is -2.41. The first-order chi connectivity index (χ1) is 11.1. The first-order valence-electron chi connectivity index (χ1n) is 7.72. The number of aliphatic hydroxyl groups is 1. The molecule has 23 heavy (non-hydrogen) atoms. The van der Waals surface area contributed by atoms with Gasteiger partial charge in [-0.3, -0.25) is 14.9 Å². The van der Waals surface area contributed by atoms with Crippen LogP contribution in [-0.4, -0.2) is 56.8 Å². The van der Waals surface area contributed by atoms with Crippen molar-refractivity contribution in [2.75, 3.05) is 25.0 Å². The summed E-state index contributed by atoms with van der Waals surface area (Å²) < 4.78 is 0. The molecule has 1 aliphatic heterocycles. The molecule has 1 saturated heterocycles. The second kappa shape index (κ2) is 6.78. The van der Waals surface area contributed by atoms with Crippen molar-refractivity contribution in [1.82, 2.24) is 20.1 Å². The highest BCUT2D eigenvalue weighted by atomic mass is 16.3. The van der Waals surface area contributed by atoms with Crippen LogP contribution in [0.25, 0.3) is 0 Å². The van der Waals surface area contributed by atoms with Crippen LogP contribution in [0.3, 0.4) is 0 Å². The Morgan fingerprint density at radius 1 is 1.52 bits per heavy atom. The Morgan fingerprint density at radius 3 is 3.09 bits per heavy atom. The molecule has 1 fully saturated rings. The number of nitrogens with zero attached hydrogens (tertiary/aromatic N) is 3. The van der Waals surface area contributed by atoms with Crippen LogP contribution in [-0.2, 0) is 11.2 Å². The number of aromatic amines is 1. The number of hydrogen-bond acceptors (Lipinski definition) is 5. The minimum absolute atomic E-state index is 0.0198. The topological polar surface area (TPSA) is 94.1 Å². The van der Waals surface area contributed by atoms with Gasteiger partial charge < -0.3 is 15.3 Å². The molecule has 1 aliphatic rings. The zero-order valence-electron chi connectivity index (χ0n) is 13.1. The number of aryl methyl sites for hydroxylation is 1. The number of H-pyrrole nitrogens is 1. The molecule has 0 radical (unpaired) electrons. The van der Waals surface area contributed by atoms with Gasteiger partial charge in [-0.2, -0.15) is 5.10 Å². The van der Waals surface area contributed by atoms with E-state index in [2.05, 4.69) is 20.5 Å². The van der Waals surface area contributed by atoms with Gasteiger partial charge in [0.2, 0.25) is 5.91 Å². The van der Waals surface area contributed by atoms with Crippen molar-refractivity contribution in [3.05, 3.63) is 42.0 Å². The van der Waals surface area contributed by atoms with Crippen molar-refractivity contribution in [3.63, 3.8) is 0 Å². The van der Waals surface area contributed by atoms with Crippen LogP contribution in [0.1, 0.15) is 11.4 Å². The van der Waals surface area contributed by atoms with Crippen molar-refractivity contribution in [3.8, 4) is 0 Å². The number of hydrogen-bond donors (Lipinski definition) is 3. The third-order valence-electron chi connectivity index (χ3n) is 4.09. The lowest BCUT2D eigenvalue weighted by atomic mass is 10.0. The summed E-state index contributed by atoms with van der Waals surface area (Å²) in [6, 6.07) is 5.65. The van der Waals surface area contributed by atoms with Crippen LogP contribution in [0.4, 0.5) is 5.69 Å². The number of aliphatic hydroxyl groups excluding tert-OH is 1. The van der Waals surface area contributed by atoms with Crippen LogP contribution >= 0.6 is 0 Å². The maximum Gasteiger partial charge on any atom is 0.241 e. The Kier molecular flexibility index (Phi) is 4.57. The second-order valence-corrected chi connectivity index (χ2v) is 5.97. The number of carbonyl (C=O) groups is 1. The van der Waals surface area contributed by atoms with Crippen LogP contribution in [0.5, 0.6) is 0 Å². The molecule has 0 aliphatic carbocycles. The Balaban J connectivity index is 1.52. The molecule has 2 atom stereocenters. The summed E-state index contributed by atoms with van der Waals surface area (Å²) in [5.41, 5.74) is 2.74. The monoisotopic (exact) mass is 315 g/mol. The highest BCUT2D eigenvalue weighted by Crippen LogP contribution is 2.21. The third-order valence-corrected chi connectivity index (χ3v) is 4.09. The van der Waals surface area contributed by atoms with Crippen LogP contribution in [0.15, 0.2) is 30.6 Å². The van der Waals surface area contributed by atoms with Gasteiger partial charge in [0.1, 0.15) is 0 Å². The standard InChI is InChI=1S/C16H21N5O2/c1-11-5-14(20-19-11)6-12-9-21(10-15(12)22)16(23)8-18-13-3-2-4-17-7-13/h2-5,7,12,15,18,22H,6,8-10H2,1H3,(H,19,20)/t12-,15-/m1/s1. The molecule has 0 bridgehead atoms. The van der Waals surface area contributed by atoms with Crippen molar-refractivity contribution < 1.29 is 9.90 Å². The van der Waals surface area contributed by atoms with Gasteiger partial charge in [-0.15, -0.1) is 0 Å². The molecule has 0 saturated carbocycles. The number of rotatable bonds is 5. The largest absolute Gasteiger partial charge is 0.391 e. The fourth-order valence-electron chi connectivity index (χ4n) is 2.86. The van der Waals surface area contributed by atoms with Gasteiger partial charge in [0.25, 0.3) is 0 Å². The van der Waals surface area contributed by atoms with E-state index in [1.807, 2.05) is 25.1 Å². The molecule has 3 rings (SSSR count). The number of carbonyl (C=O) groups excluding carboxylic acids is 1. The molecular formula is C16H21N5O2. The Morgan fingerprint density at radius 2 is 2.39 bits per heavy atom. The molecular weight excluding hydrogens is 294 g/mol. The van der Waals surface area contributed by atoms with Gasteiger partial charge in [-0.05, 0) is 31.5 Å². The van der Waals surface area contributed by atoms with Crippen LogP contribution in [0, 0.1) is 12.8 Å². The molecule has 3 heterocycles. The Labute approximate surface area is 134 Å². The molecule has 3 N–H and O–H groups in total. The van der Waals surface area contributed by atoms with E-state index in [1.165, 1.54) is 0 Å². The zero-order valence-corrected chi connectivity index (χ0v) is 13.1. The third kappa shape index (κ3) is 3.87. The molecule has 7 nitrogen and oxygen atoms in total. The molecule has 7 heteroatoms. The maximum absolute atomic E-state index is 12.3. The number of pyridine rings is 1. The first kappa shape index (κ1) is 15.5. The van der Waals surface area contributed by atoms with Gasteiger partial charge in [-0.25, -0.2) is 0 Å². The van der Waals surface area contributed by atoms with Crippen molar-refractivity contribution in [2.24, 2.45) is 5.92 Å². The summed E-state index contributed by atoms with van der Waals surface area (Å²) in [7, 11) is 0. The molecule has 0 spiro atoms. The van der Waals surface area contributed by atoms with E-state index >= 15 is 0 Å². The highest BCUT2D eigenvalue weighted by molar-refractivity contribution is 5.81. The Bertz CT molecular complexity index is 658. The van der Waals surface area contributed by atoms with Crippen LogP contribution < -0.4 is 5.32 Å². The van der Waals surface area contributed by atoms with Gasteiger partial charge in [0.15, 0.2) is 0 Å². The predicted molar refractivity (Wildman–Crippen MR) is 85.8 cm³/mol. The van der Waals surface area contributed by atoms with Gasteiger partial charge in [0.05, 0.1) is 24.0 Å². The molecule has 0 aromatic carbocycles. The average Bonchev–Trinajstić information content (AvgIpc) is 3.13. The smallest absolute Gasteiger partial charge is 0.241 e. The minimum atomic E-state index is -0.505. The summed E-state index contributed by atoms with van der Waals surface area (Å²) in [4.78, 5) is 18.0. The number of β-amino-alcohol motifs (C(OH)–C–C–N with tert-alkyl or cyclic N) is 1. The minimum Gasteiger partial charge on any atom is -0.391 e. The lowest BCUT2D eigenvalue weighted by Crippen LogP contribution is -2.34. The summed E-state index contributed by atoms with van der Waals surface area (Å²) in [6.07, 6.45) is 3.53. The SMILES string of the molecule is Cc1cc(C[C@@H]2CN(C(=O)CNc3cccnc3)C[C@H]2O)n[nH]1. The van der Waals surface area contributed by atoms with Crippen molar-refractivity contribution in [1.29, 1.82) is 0 Å². The first-order valence-corrected chi connectivity index (χ1v) is 7.72. The molecule has 122 valence electrons. The number of aromatic nitrogens is 3. The van der Waals surface area contributed by atoms with E-state index in [9.17, 15) is 9.90 Å². The van der Waals surface area contributed by atoms with E-state index in [1.54, 1.807) is 17.3 Å². The summed E-state index contributed by atoms with van der Waals surface area (Å²) in [6.45, 7) is 3.08. The number of nitrogens with one attached hydrogen (secondary N) is 2. The molecule has 0 unspecified atom stereocenters. The van der Waals surface area contributed by atoms with E-state index in [4.69, 9.17) is 0 Å². The normalized spacial score (nSPS) is 20.7. The fraction of sp³-hybridized carbons (Fsp3) is 0.438. The lowest BCUT2D eigenvalue weighted by Gasteiger charge is -2.16. The highest BCUT2D eigenvalue weighted by Gasteiger charge is 2.34. The second-order valence-electron chi connectivity index (χ2n) is 5.97. The maximum atomic E-state index is 12.3. The summed E-state index contributed by atoms with van der Waals surface area (Å²) >= 11 is 0. The van der Waals surface area contributed by atoms with Crippen molar-refractivity contribution >= 4 is 11.6 Å². The summed E-state index contributed by atoms with van der Waals surface area (Å²) in [5.74, 6) is 0.00801. The molecule has 1 amide bonds. The number of anilines is 1. The van der Waals surface area contributed by atoms with E-state index in [0.29, 0.717) is 19.5 Å². The molecule has 2 aromatic rings. The fourth-order valence-corrected chi connectivity index (χ4v) is 2.86. The predicted octanol–water partition coefficient (Wildman–Crippen LogP) is 0.587. The zero-order chi connectivity index (χ0) is 16.2. The van der Waals surface area contributed by atoms with E-state index in [-0.39, 0.29) is 18.4 Å². The molecule has 2 aromatic heterocycles. The van der Waals surface area contributed by atoms with E-state index in [0.717, 1.165) is 17.1 Å². The quantitative estimate of drug-likeness (QED) is 0.750. The van der Waals surface area contributed by atoms with Crippen LogP contribution in [0.2, 0.25) is 0 Å². The average molecular weight is 315 g/mol. The van der Waals surface area contributed by atoms with Crippen molar-refractivity contribution in [2.45, 2.75) is 19.4 Å². The van der Waals surface area contributed by atoms with Gasteiger partial charge >= 0.3 is 0 Å². The summed E-state index contributed by atoms with van der Waals surface area (Å²) in [5, 5.41) is 20.4. The number of amides is 1. The number of likely N-dealkylation sites (tertiary alicyclic amines) is 1.